The molecule has 2 fully saturated rings. The molecule has 2 saturated heterocycles. The van der Waals surface area contributed by atoms with Crippen LogP contribution in [0.25, 0.3) is 10.8 Å². The van der Waals surface area contributed by atoms with Crippen LogP contribution in [0.1, 0.15) is 141 Å². The van der Waals surface area contributed by atoms with Gasteiger partial charge in [0, 0.05) is 130 Å². The van der Waals surface area contributed by atoms with Gasteiger partial charge in [0.1, 0.15) is 11.5 Å². The summed E-state index contributed by atoms with van der Waals surface area (Å²) in [5.41, 5.74) is 25.8. The standard InChI is InChI=1S/C78H78N10O8/c1-13-45-35(3)57-29-65-53(39(7)55(83-65)27-59-37(5)47(20-22-69(91)95-11)73(85-59)51-25-67(89)71-41(9)61(87-75(51)71)31-63(45)81-57)33-79-77(93)44-19-18-43-16-15-17-49(50(43)24-44)78(94)80-34-54-40(8)56-28-60-38(6)48(21-23-70(92)96-12)74(86-60)52-26-68(90)72-42(10)62(88-76(52)72)32-64-46(14-2)36(4)58(82-64)30-66(54)84-56/h15-19,24,27-32,37-38,47-48,85-86,89-90H,13-14,20-23,25-26,33-34H2,1-12H3,(H,79,93)(H,80,94)/t37-,38-,47-,48-/m0/s1. The van der Waals surface area contributed by atoms with E-state index in [9.17, 15) is 29.4 Å². The molecular formula is C78H78N10O8. The number of ether oxygens (including phenoxy) is 2. The molecule has 0 radical (unpaired) electrons. The monoisotopic (exact) mass is 1280 g/mol. The zero-order valence-corrected chi connectivity index (χ0v) is 56.3. The number of fused-ring (bicyclic) bond motifs is 11. The van der Waals surface area contributed by atoms with Crippen LogP contribution in [0.5, 0.6) is 0 Å². The van der Waals surface area contributed by atoms with Gasteiger partial charge in [0.15, 0.2) is 0 Å². The van der Waals surface area contributed by atoms with Gasteiger partial charge >= 0.3 is 11.9 Å². The molecule has 12 aliphatic rings. The van der Waals surface area contributed by atoms with Crippen molar-refractivity contribution in [2.75, 3.05) is 27.3 Å². The van der Waals surface area contributed by atoms with Crippen molar-refractivity contribution >= 4 is 68.8 Å². The van der Waals surface area contributed by atoms with Crippen molar-refractivity contribution in [3.05, 3.63) is 230 Å². The van der Waals surface area contributed by atoms with Gasteiger partial charge in [-0.1, -0.05) is 45.9 Å². The van der Waals surface area contributed by atoms with Gasteiger partial charge in [0.2, 0.25) is 0 Å². The number of carbonyl (C=O) groups excluding carboxylic acids is 4. The molecule has 10 aliphatic heterocycles. The Bertz CT molecular complexity index is 4810. The molecule has 18 heteroatoms. The van der Waals surface area contributed by atoms with Crippen LogP contribution in [0.3, 0.4) is 0 Å². The van der Waals surface area contributed by atoms with E-state index in [4.69, 9.17) is 39.4 Å². The maximum absolute atomic E-state index is 14.8. The molecule has 14 rings (SSSR count). The van der Waals surface area contributed by atoms with Crippen molar-refractivity contribution in [1.29, 1.82) is 0 Å². The summed E-state index contributed by atoms with van der Waals surface area (Å²) in [6.45, 7) is 20.9. The Hall–Kier alpha value is -10.4. The number of benzene rings is 2. The lowest BCUT2D eigenvalue weighted by molar-refractivity contribution is -0.141. The summed E-state index contributed by atoms with van der Waals surface area (Å²) in [7, 11) is 2.80. The Morgan fingerprint density at radius 3 is 1.41 bits per heavy atom. The number of nitrogens with zero attached hydrogens (tertiary/aromatic N) is 6. The molecule has 2 aromatic rings. The van der Waals surface area contributed by atoms with E-state index < -0.39 is 0 Å². The highest BCUT2D eigenvalue weighted by molar-refractivity contribution is 6.23. The van der Waals surface area contributed by atoms with Crippen molar-refractivity contribution in [2.24, 2.45) is 53.6 Å². The number of hydrogen-bond acceptors (Lipinski definition) is 16. The predicted molar refractivity (Wildman–Crippen MR) is 375 cm³/mol. The maximum atomic E-state index is 14.8. The third kappa shape index (κ3) is 10.6. The summed E-state index contributed by atoms with van der Waals surface area (Å²) in [6, 6.07) is 11.0. The van der Waals surface area contributed by atoms with Gasteiger partial charge in [-0.25, -0.2) is 30.0 Å². The fourth-order valence-corrected chi connectivity index (χ4v) is 15.7. The smallest absolute Gasteiger partial charge is 0.305 e. The van der Waals surface area contributed by atoms with Crippen molar-refractivity contribution in [2.45, 2.75) is 121 Å². The van der Waals surface area contributed by atoms with Gasteiger partial charge < -0.3 is 41.0 Å². The first kappa shape index (κ1) is 63.1. The van der Waals surface area contributed by atoms with E-state index in [1.807, 2.05) is 70.2 Å². The zero-order valence-electron chi connectivity index (χ0n) is 56.3. The largest absolute Gasteiger partial charge is 0.511 e. The molecule has 10 heterocycles. The Balaban J connectivity index is 0.763. The number of aliphatic imine (C=N–C) groups is 6. The van der Waals surface area contributed by atoms with Gasteiger partial charge in [-0.3, -0.25) is 19.2 Å². The second kappa shape index (κ2) is 24.4. The van der Waals surface area contributed by atoms with Crippen molar-refractivity contribution in [1.82, 2.24) is 21.3 Å². The number of carbonyl (C=O) groups is 4. The fourth-order valence-electron chi connectivity index (χ4n) is 15.7. The van der Waals surface area contributed by atoms with Crippen LogP contribution in [0.2, 0.25) is 0 Å². The third-order valence-corrected chi connectivity index (χ3v) is 21.4. The van der Waals surface area contributed by atoms with Crippen molar-refractivity contribution in [3.8, 4) is 0 Å². The predicted octanol–water partition coefficient (Wildman–Crippen LogP) is 13.5. The molecule has 18 nitrogen and oxygen atoms in total. The minimum Gasteiger partial charge on any atom is -0.511 e. The average molecular weight is 1280 g/mol. The molecule has 0 unspecified atom stereocenters. The minimum absolute atomic E-state index is 0.0740. The third-order valence-electron chi connectivity index (χ3n) is 21.4. The average Bonchev–Trinajstić information content (AvgIpc) is 1.58. The summed E-state index contributed by atoms with van der Waals surface area (Å²) in [5.74, 6) is -1.11. The quantitative estimate of drug-likeness (QED) is 0.0976. The molecule has 488 valence electrons. The molecule has 2 aromatic carbocycles. The zero-order chi connectivity index (χ0) is 67.4. The number of amides is 2. The van der Waals surface area contributed by atoms with Crippen LogP contribution in [-0.2, 0) is 19.1 Å². The molecule has 96 heavy (non-hydrogen) atoms. The van der Waals surface area contributed by atoms with E-state index in [-0.39, 0.29) is 84.9 Å². The van der Waals surface area contributed by atoms with Crippen molar-refractivity contribution in [3.63, 3.8) is 0 Å². The van der Waals surface area contributed by atoms with Crippen LogP contribution in [0, 0.1) is 23.7 Å². The number of aliphatic hydroxyl groups is 2. The summed E-state index contributed by atoms with van der Waals surface area (Å²) < 4.78 is 10.2. The van der Waals surface area contributed by atoms with Crippen LogP contribution >= 0.6 is 0 Å². The lowest BCUT2D eigenvalue weighted by atomic mass is 9.86. The molecule has 4 atom stereocenters. The van der Waals surface area contributed by atoms with Gasteiger partial charge in [-0.2, -0.15) is 0 Å². The van der Waals surface area contributed by atoms with E-state index in [0.717, 1.165) is 165 Å². The highest BCUT2D eigenvalue weighted by atomic mass is 16.5. The molecule has 0 spiro atoms. The van der Waals surface area contributed by atoms with E-state index in [0.29, 0.717) is 65.0 Å². The summed E-state index contributed by atoms with van der Waals surface area (Å²) in [5, 5.41) is 38.5. The highest BCUT2D eigenvalue weighted by Crippen LogP contribution is 2.49. The topological polar surface area (TPSA) is 249 Å². The molecule has 0 aromatic heterocycles. The number of methoxy groups -OCH3 is 2. The fraction of sp³-hybridized carbons (Fsp3) is 0.333. The van der Waals surface area contributed by atoms with E-state index >= 15 is 0 Å². The lowest BCUT2D eigenvalue weighted by Crippen LogP contribution is -2.27. The van der Waals surface area contributed by atoms with E-state index in [2.05, 4.69) is 75.0 Å². The summed E-state index contributed by atoms with van der Waals surface area (Å²) in [6.07, 6.45) is 15.7. The SMILES string of the molecule is CCC1=C(C)C2=NC1=CC1=C(C)C3=C(O)CC(=C4NC(=CC5=NC(=C2)C(CNC(=O)c2ccc6cccc(C(=O)NCC7=C(C)C8=NC7=CC7=NC(=CC9=C(C)C%10=C(O)CC(=C%11NC(=C8)[C@@H](C)[C@@H]%11CCC(=O)OC)C%10=N9)C(CC)=C7C)c6c2)=C5C)[C@@H](C)[C@@H]4CCC(=O)OC)C3=N1. The number of rotatable bonds is 14. The first-order valence-electron chi connectivity index (χ1n) is 33.3. The summed E-state index contributed by atoms with van der Waals surface area (Å²) >= 11 is 0. The number of nitrogens with one attached hydrogen (secondary N) is 4. The molecular weight excluding hydrogens is 1200 g/mol. The summed E-state index contributed by atoms with van der Waals surface area (Å²) in [4.78, 5) is 86.2. The van der Waals surface area contributed by atoms with E-state index in [1.54, 1.807) is 18.2 Å². The van der Waals surface area contributed by atoms with Crippen LogP contribution in [0.15, 0.2) is 249 Å². The first-order chi connectivity index (χ1) is 46.2. The Kier molecular flexibility index (Phi) is 16.1. The lowest BCUT2D eigenvalue weighted by Gasteiger charge is -2.17. The Morgan fingerprint density at radius 1 is 0.531 bits per heavy atom. The van der Waals surface area contributed by atoms with Gasteiger partial charge in [-0.15, -0.1) is 0 Å². The van der Waals surface area contributed by atoms with Crippen molar-refractivity contribution < 1.29 is 38.9 Å². The molecule has 2 aliphatic carbocycles. The van der Waals surface area contributed by atoms with Gasteiger partial charge in [0.05, 0.1) is 82.7 Å². The van der Waals surface area contributed by atoms with Crippen LogP contribution < -0.4 is 21.3 Å². The molecule has 16 bridgehead atoms. The van der Waals surface area contributed by atoms with Crippen LogP contribution in [-0.4, -0.2) is 95.5 Å². The number of aliphatic hydroxyl groups excluding tert-OH is 2. The van der Waals surface area contributed by atoms with E-state index in [1.165, 1.54) is 14.2 Å². The second-order valence-electron chi connectivity index (χ2n) is 26.5. The number of esters is 2. The van der Waals surface area contributed by atoms with Gasteiger partial charge in [-0.05, 0) is 177 Å². The molecule has 2 amide bonds. The van der Waals surface area contributed by atoms with Crippen LogP contribution in [0.4, 0.5) is 0 Å². The highest BCUT2D eigenvalue weighted by Gasteiger charge is 2.44. The van der Waals surface area contributed by atoms with Gasteiger partial charge in [0.25, 0.3) is 11.8 Å². The number of hydrogen-bond donors (Lipinski definition) is 6. The first-order valence-corrected chi connectivity index (χ1v) is 33.3. The minimum atomic E-state index is -0.335. The number of allylic oxidation sites excluding steroid dienone is 22. The molecule has 6 N–H and O–H groups in total. The Labute approximate surface area is 558 Å². The Morgan fingerprint density at radius 2 is 0.958 bits per heavy atom. The normalized spacial score (nSPS) is 23.2. The second-order valence-corrected chi connectivity index (χ2v) is 26.5. The maximum Gasteiger partial charge on any atom is 0.305 e. The molecule has 0 saturated carbocycles.